The van der Waals surface area contributed by atoms with Gasteiger partial charge in [0.05, 0.1) is 5.56 Å². The number of halogens is 3. The van der Waals surface area contributed by atoms with Crippen molar-refractivity contribution in [3.05, 3.63) is 23.4 Å². The molecule has 21 heavy (non-hydrogen) atoms. The zero-order chi connectivity index (χ0) is 15.6. The highest BCUT2D eigenvalue weighted by Crippen LogP contribution is 2.31. The highest BCUT2D eigenvalue weighted by atomic mass is 19.4. The Balaban J connectivity index is 2.34. The van der Waals surface area contributed by atoms with Gasteiger partial charge in [0.25, 0.3) is 0 Å². The van der Waals surface area contributed by atoms with E-state index in [1.54, 1.807) is 11.9 Å². The molecule has 0 spiro atoms. The molecule has 1 fully saturated rings. The maximum Gasteiger partial charge on any atom is 0.433 e. The van der Waals surface area contributed by atoms with Crippen LogP contribution in [-0.2, 0) is 6.18 Å². The van der Waals surface area contributed by atoms with Gasteiger partial charge in [0.1, 0.15) is 17.6 Å². The number of rotatable bonds is 2. The number of anilines is 1. The minimum atomic E-state index is -4.51. The fourth-order valence-electron chi connectivity index (χ4n) is 2.59. The summed E-state index contributed by atoms with van der Waals surface area (Å²) < 4.78 is 38.4. The predicted molar refractivity (Wildman–Crippen MR) is 72.9 cm³/mol. The van der Waals surface area contributed by atoms with E-state index in [0.29, 0.717) is 0 Å². The first kappa shape index (κ1) is 15.6. The Bertz CT molecular complexity index is 550. The average molecular weight is 298 g/mol. The molecule has 4 nitrogen and oxygen atoms in total. The number of nitriles is 1. The van der Waals surface area contributed by atoms with Crippen molar-refractivity contribution in [3.63, 3.8) is 0 Å². The van der Waals surface area contributed by atoms with E-state index >= 15 is 0 Å². The van der Waals surface area contributed by atoms with Crippen LogP contribution < -0.4 is 4.90 Å². The van der Waals surface area contributed by atoms with E-state index in [9.17, 15) is 13.2 Å². The minimum absolute atomic E-state index is 0.0619. The lowest BCUT2D eigenvalue weighted by atomic mass is 10.0. The van der Waals surface area contributed by atoms with Crippen LogP contribution in [0.3, 0.4) is 0 Å². The molecule has 1 aliphatic rings. The molecule has 1 aromatic rings. The van der Waals surface area contributed by atoms with Crippen molar-refractivity contribution in [2.75, 3.05) is 32.1 Å². The van der Waals surface area contributed by atoms with Gasteiger partial charge in [-0.1, -0.05) is 0 Å². The first-order valence-corrected chi connectivity index (χ1v) is 6.72. The Morgan fingerprint density at radius 1 is 1.43 bits per heavy atom. The van der Waals surface area contributed by atoms with Crippen LogP contribution in [-0.4, -0.2) is 43.1 Å². The Morgan fingerprint density at radius 3 is 2.71 bits per heavy atom. The van der Waals surface area contributed by atoms with Crippen molar-refractivity contribution in [1.82, 2.24) is 9.88 Å². The van der Waals surface area contributed by atoms with Crippen molar-refractivity contribution in [3.8, 4) is 6.07 Å². The van der Waals surface area contributed by atoms with Gasteiger partial charge in [-0.05, 0) is 38.6 Å². The summed E-state index contributed by atoms with van der Waals surface area (Å²) in [5, 5.41) is 9.10. The Kier molecular flexibility index (Phi) is 4.37. The highest BCUT2D eigenvalue weighted by Gasteiger charge is 2.34. The summed E-state index contributed by atoms with van der Waals surface area (Å²) in [5.41, 5.74) is -0.800. The third-order valence-corrected chi connectivity index (χ3v) is 3.77. The third-order valence-electron chi connectivity index (χ3n) is 3.77. The molecule has 2 rings (SSSR count). The maximum absolute atomic E-state index is 12.8. The normalized spacial score (nSPS) is 20.1. The zero-order valence-electron chi connectivity index (χ0n) is 12.0. The van der Waals surface area contributed by atoms with E-state index < -0.39 is 11.9 Å². The lowest BCUT2D eigenvalue weighted by Crippen LogP contribution is -2.45. The summed E-state index contributed by atoms with van der Waals surface area (Å²) in [5.74, 6) is 0.104. The van der Waals surface area contributed by atoms with Gasteiger partial charge in [0, 0.05) is 19.6 Å². The number of likely N-dealkylation sites (N-methyl/N-ethyl adjacent to an activating group) is 2. The van der Waals surface area contributed by atoms with Crippen molar-refractivity contribution < 1.29 is 13.2 Å². The summed E-state index contributed by atoms with van der Waals surface area (Å²) in [4.78, 5) is 7.50. The molecule has 1 aromatic heterocycles. The molecule has 1 atom stereocenters. The lowest BCUT2D eigenvalue weighted by Gasteiger charge is -2.36. The summed E-state index contributed by atoms with van der Waals surface area (Å²) >= 11 is 0. The summed E-state index contributed by atoms with van der Waals surface area (Å²) in [6.45, 7) is 1.73. The molecule has 0 radical (unpaired) electrons. The second-order valence-corrected chi connectivity index (χ2v) is 5.35. The fourth-order valence-corrected chi connectivity index (χ4v) is 2.59. The van der Waals surface area contributed by atoms with E-state index in [-0.39, 0.29) is 17.4 Å². The number of aromatic nitrogens is 1. The predicted octanol–water partition coefficient (Wildman–Crippen LogP) is 2.50. The molecular weight excluding hydrogens is 281 g/mol. The van der Waals surface area contributed by atoms with E-state index in [2.05, 4.69) is 9.88 Å². The van der Waals surface area contributed by atoms with Crippen LogP contribution in [0.1, 0.15) is 24.1 Å². The fraction of sp³-hybridized carbons (Fsp3) is 0.571. The number of likely N-dealkylation sites (tertiary alicyclic amines) is 1. The summed E-state index contributed by atoms with van der Waals surface area (Å²) in [6.07, 6.45) is -2.65. The lowest BCUT2D eigenvalue weighted by molar-refractivity contribution is -0.141. The van der Waals surface area contributed by atoms with Crippen LogP contribution in [0.2, 0.25) is 0 Å². The van der Waals surface area contributed by atoms with E-state index in [1.165, 1.54) is 6.07 Å². The molecule has 0 aliphatic carbocycles. The maximum atomic E-state index is 12.8. The van der Waals surface area contributed by atoms with Crippen LogP contribution >= 0.6 is 0 Å². The highest BCUT2D eigenvalue weighted by molar-refractivity contribution is 5.54. The molecule has 1 saturated heterocycles. The van der Waals surface area contributed by atoms with E-state index in [0.717, 1.165) is 32.0 Å². The van der Waals surface area contributed by atoms with E-state index in [4.69, 9.17) is 5.26 Å². The largest absolute Gasteiger partial charge is 0.433 e. The monoisotopic (exact) mass is 298 g/mol. The zero-order valence-corrected chi connectivity index (χ0v) is 12.0. The summed E-state index contributed by atoms with van der Waals surface area (Å²) in [7, 11) is 3.68. The first-order chi connectivity index (χ1) is 9.82. The molecule has 2 heterocycles. The van der Waals surface area contributed by atoms with Gasteiger partial charge in [0.2, 0.25) is 0 Å². The van der Waals surface area contributed by atoms with Crippen LogP contribution in [0, 0.1) is 11.3 Å². The topological polar surface area (TPSA) is 43.2 Å². The SMILES string of the molecule is CN1CCCC(N(C)c2nc(C(F)(F)F)ccc2C#N)C1. The second-order valence-electron chi connectivity index (χ2n) is 5.35. The minimum Gasteiger partial charge on any atom is -0.354 e. The number of hydrogen-bond donors (Lipinski definition) is 0. The molecule has 7 heteroatoms. The van der Waals surface area contributed by atoms with Crippen LogP contribution in [0.15, 0.2) is 12.1 Å². The molecule has 0 bridgehead atoms. The van der Waals surface area contributed by atoms with Crippen molar-refractivity contribution in [2.45, 2.75) is 25.1 Å². The molecule has 1 aliphatic heterocycles. The molecule has 0 amide bonds. The smallest absolute Gasteiger partial charge is 0.354 e. The third kappa shape index (κ3) is 3.45. The van der Waals surface area contributed by atoms with Gasteiger partial charge in [-0.25, -0.2) is 4.98 Å². The van der Waals surface area contributed by atoms with Crippen LogP contribution in [0.4, 0.5) is 19.0 Å². The number of alkyl halides is 3. The second kappa shape index (κ2) is 5.90. The standard InChI is InChI=1S/C14H17F3N4/c1-20-7-3-4-11(9-20)21(2)13-10(8-18)5-6-12(19-13)14(15,16)17/h5-6,11H,3-4,7,9H2,1-2H3. The van der Waals surface area contributed by atoms with Gasteiger partial charge < -0.3 is 9.80 Å². The van der Waals surface area contributed by atoms with Gasteiger partial charge >= 0.3 is 6.18 Å². The summed E-state index contributed by atoms with van der Waals surface area (Å²) in [6, 6.07) is 4.02. The number of hydrogen-bond acceptors (Lipinski definition) is 4. The number of pyridine rings is 1. The molecule has 1 unspecified atom stereocenters. The Morgan fingerprint density at radius 2 is 2.14 bits per heavy atom. The van der Waals surface area contributed by atoms with Gasteiger partial charge in [-0.3, -0.25) is 0 Å². The van der Waals surface area contributed by atoms with Crippen LogP contribution in [0.5, 0.6) is 0 Å². The molecule has 0 N–H and O–H groups in total. The van der Waals surface area contributed by atoms with Gasteiger partial charge in [0.15, 0.2) is 0 Å². The number of nitrogens with zero attached hydrogens (tertiary/aromatic N) is 4. The quantitative estimate of drug-likeness (QED) is 0.841. The van der Waals surface area contributed by atoms with E-state index in [1.807, 2.05) is 13.1 Å². The van der Waals surface area contributed by atoms with Crippen LogP contribution in [0.25, 0.3) is 0 Å². The van der Waals surface area contributed by atoms with Crippen molar-refractivity contribution in [2.24, 2.45) is 0 Å². The Labute approximate surface area is 121 Å². The Hall–Kier alpha value is -1.81. The molecule has 0 aromatic carbocycles. The molecule has 0 saturated carbocycles. The van der Waals surface area contributed by atoms with Gasteiger partial charge in [-0.2, -0.15) is 18.4 Å². The van der Waals surface area contributed by atoms with Crippen molar-refractivity contribution >= 4 is 5.82 Å². The van der Waals surface area contributed by atoms with Gasteiger partial charge in [-0.15, -0.1) is 0 Å². The van der Waals surface area contributed by atoms with Crippen molar-refractivity contribution in [1.29, 1.82) is 5.26 Å². The number of piperidine rings is 1. The first-order valence-electron chi connectivity index (χ1n) is 6.72. The molecule has 114 valence electrons. The average Bonchev–Trinajstić information content (AvgIpc) is 2.44. The molecular formula is C14H17F3N4.